The molecule has 1 aromatic heterocycles. The molecular formula is C18H20N2. The van der Waals surface area contributed by atoms with Crippen LogP contribution in [0.1, 0.15) is 29.7 Å². The van der Waals surface area contributed by atoms with Gasteiger partial charge in [0.05, 0.1) is 0 Å². The Hall–Kier alpha value is -2.06. The Bertz CT molecular complexity index is 695. The highest BCUT2D eigenvalue weighted by Gasteiger charge is 2.06. The number of aryl methyl sites for hydroxylation is 1. The highest BCUT2D eigenvalue weighted by atomic mass is 14.9. The van der Waals surface area contributed by atoms with E-state index in [4.69, 9.17) is 0 Å². The number of aromatic nitrogens is 1. The summed E-state index contributed by atoms with van der Waals surface area (Å²) >= 11 is 0. The molecule has 0 radical (unpaired) electrons. The summed E-state index contributed by atoms with van der Waals surface area (Å²) in [7, 11) is 0. The molecule has 0 unspecified atom stereocenters. The molecule has 2 N–H and O–H groups in total. The second-order valence-corrected chi connectivity index (χ2v) is 5.37. The predicted octanol–water partition coefficient (Wildman–Crippen LogP) is 4.33. The number of benzene rings is 2. The molecule has 0 aliphatic carbocycles. The third-order valence-electron chi connectivity index (χ3n) is 3.86. The topological polar surface area (TPSA) is 27.8 Å². The molecule has 2 nitrogen and oxygen atoms in total. The molecule has 20 heavy (non-hydrogen) atoms. The summed E-state index contributed by atoms with van der Waals surface area (Å²) < 4.78 is 0. The smallest absolute Gasteiger partial charge is 0.0457 e. The fourth-order valence-electron chi connectivity index (χ4n) is 2.54. The van der Waals surface area contributed by atoms with E-state index < -0.39 is 0 Å². The lowest BCUT2D eigenvalue weighted by Gasteiger charge is -2.15. The molecule has 2 aromatic carbocycles. The molecule has 0 aliphatic heterocycles. The van der Waals surface area contributed by atoms with Gasteiger partial charge in [0.2, 0.25) is 0 Å². The maximum Gasteiger partial charge on any atom is 0.0457 e. The lowest BCUT2D eigenvalue weighted by Crippen LogP contribution is -2.18. The van der Waals surface area contributed by atoms with Crippen molar-refractivity contribution in [2.45, 2.75) is 26.4 Å². The molecule has 1 heterocycles. The average molecular weight is 264 g/mol. The minimum Gasteiger partial charge on any atom is -0.361 e. The Kier molecular flexibility index (Phi) is 3.57. The van der Waals surface area contributed by atoms with Gasteiger partial charge in [-0.3, -0.25) is 0 Å². The Morgan fingerprint density at radius 3 is 2.65 bits per heavy atom. The van der Waals surface area contributed by atoms with Crippen molar-refractivity contribution < 1.29 is 0 Å². The van der Waals surface area contributed by atoms with Gasteiger partial charge in [-0.15, -0.1) is 0 Å². The molecule has 0 fully saturated rings. The van der Waals surface area contributed by atoms with Crippen LogP contribution in [0, 0.1) is 6.92 Å². The first kappa shape index (κ1) is 12.9. The van der Waals surface area contributed by atoms with Crippen LogP contribution in [0.25, 0.3) is 10.9 Å². The van der Waals surface area contributed by atoms with E-state index in [2.05, 4.69) is 72.7 Å². The molecule has 0 saturated heterocycles. The van der Waals surface area contributed by atoms with E-state index in [1.165, 1.54) is 27.6 Å². The molecule has 0 bridgehead atoms. The Morgan fingerprint density at radius 1 is 1.05 bits per heavy atom. The molecule has 2 heteroatoms. The van der Waals surface area contributed by atoms with Crippen LogP contribution in [0.4, 0.5) is 0 Å². The minimum absolute atomic E-state index is 0.352. The number of H-pyrrole nitrogens is 1. The summed E-state index contributed by atoms with van der Waals surface area (Å²) in [6.07, 6.45) is 2.00. The molecule has 102 valence electrons. The van der Waals surface area contributed by atoms with E-state index in [0.29, 0.717) is 6.04 Å². The first-order chi connectivity index (χ1) is 9.74. The molecule has 0 saturated carbocycles. The van der Waals surface area contributed by atoms with E-state index in [1.807, 2.05) is 6.20 Å². The van der Waals surface area contributed by atoms with Crippen LogP contribution in [-0.4, -0.2) is 4.98 Å². The monoisotopic (exact) mass is 264 g/mol. The lowest BCUT2D eigenvalue weighted by atomic mass is 10.1. The van der Waals surface area contributed by atoms with E-state index in [-0.39, 0.29) is 0 Å². The van der Waals surface area contributed by atoms with Gasteiger partial charge in [0.15, 0.2) is 0 Å². The second-order valence-electron chi connectivity index (χ2n) is 5.37. The van der Waals surface area contributed by atoms with Gasteiger partial charge in [-0.25, -0.2) is 0 Å². The number of rotatable bonds is 4. The third-order valence-corrected chi connectivity index (χ3v) is 3.86. The number of aromatic amines is 1. The van der Waals surface area contributed by atoms with Crippen molar-refractivity contribution in [2.24, 2.45) is 0 Å². The zero-order valence-corrected chi connectivity index (χ0v) is 12.0. The highest BCUT2D eigenvalue weighted by Crippen LogP contribution is 2.19. The first-order valence-corrected chi connectivity index (χ1v) is 7.09. The van der Waals surface area contributed by atoms with Gasteiger partial charge in [0, 0.05) is 29.7 Å². The van der Waals surface area contributed by atoms with Crippen molar-refractivity contribution in [1.82, 2.24) is 10.3 Å². The van der Waals surface area contributed by atoms with Crippen LogP contribution in [0.2, 0.25) is 0 Å². The van der Waals surface area contributed by atoms with E-state index in [9.17, 15) is 0 Å². The van der Waals surface area contributed by atoms with E-state index >= 15 is 0 Å². The zero-order valence-electron chi connectivity index (χ0n) is 12.0. The Labute approximate surface area is 119 Å². The van der Waals surface area contributed by atoms with Crippen LogP contribution in [0.15, 0.2) is 54.7 Å². The summed E-state index contributed by atoms with van der Waals surface area (Å²) in [5, 5.41) is 4.90. The van der Waals surface area contributed by atoms with Crippen LogP contribution in [0.5, 0.6) is 0 Å². The van der Waals surface area contributed by atoms with Crippen molar-refractivity contribution in [2.75, 3.05) is 0 Å². The summed E-state index contributed by atoms with van der Waals surface area (Å²) in [5.74, 6) is 0. The first-order valence-electron chi connectivity index (χ1n) is 7.09. The molecule has 1 atom stereocenters. The van der Waals surface area contributed by atoms with Crippen LogP contribution in [0.3, 0.4) is 0 Å². The number of nitrogens with one attached hydrogen (secondary N) is 2. The molecule has 0 aliphatic rings. The predicted molar refractivity (Wildman–Crippen MR) is 84.7 cm³/mol. The third kappa shape index (κ3) is 2.61. The summed E-state index contributed by atoms with van der Waals surface area (Å²) in [6, 6.07) is 17.6. The lowest BCUT2D eigenvalue weighted by molar-refractivity contribution is 0.576. The largest absolute Gasteiger partial charge is 0.361 e. The van der Waals surface area contributed by atoms with Gasteiger partial charge in [-0.2, -0.15) is 0 Å². The summed E-state index contributed by atoms with van der Waals surface area (Å²) in [5.41, 5.74) is 5.17. The second kappa shape index (κ2) is 5.51. The van der Waals surface area contributed by atoms with Crippen molar-refractivity contribution >= 4 is 10.9 Å². The Balaban J connectivity index is 1.73. The van der Waals surface area contributed by atoms with Gasteiger partial charge in [-0.05, 0) is 37.1 Å². The van der Waals surface area contributed by atoms with Crippen molar-refractivity contribution in [3.05, 3.63) is 71.4 Å². The van der Waals surface area contributed by atoms with Gasteiger partial charge in [0.25, 0.3) is 0 Å². The van der Waals surface area contributed by atoms with Crippen molar-refractivity contribution in [3.8, 4) is 0 Å². The minimum atomic E-state index is 0.352. The Morgan fingerprint density at radius 2 is 1.85 bits per heavy atom. The zero-order chi connectivity index (χ0) is 13.9. The van der Waals surface area contributed by atoms with E-state index in [1.54, 1.807) is 0 Å². The van der Waals surface area contributed by atoms with Crippen molar-refractivity contribution in [1.29, 1.82) is 0 Å². The molecule has 3 aromatic rings. The summed E-state index contributed by atoms with van der Waals surface area (Å²) in [6.45, 7) is 5.21. The van der Waals surface area contributed by atoms with Gasteiger partial charge < -0.3 is 10.3 Å². The molecule has 3 rings (SSSR count). The number of hydrogen-bond donors (Lipinski definition) is 2. The van der Waals surface area contributed by atoms with Gasteiger partial charge >= 0.3 is 0 Å². The number of hydrogen-bond acceptors (Lipinski definition) is 1. The molecule has 0 spiro atoms. The maximum atomic E-state index is 3.60. The summed E-state index contributed by atoms with van der Waals surface area (Å²) in [4.78, 5) is 3.26. The van der Waals surface area contributed by atoms with Crippen molar-refractivity contribution in [3.63, 3.8) is 0 Å². The standard InChI is InChI=1S/C18H20N2/c1-13-6-8-15(9-7-13)14(2)20-12-16-4-3-5-18-17(16)10-11-19-18/h3-11,14,19-20H,12H2,1-2H3/t14-/m1/s1. The normalized spacial score (nSPS) is 12.7. The fourth-order valence-corrected chi connectivity index (χ4v) is 2.54. The fraction of sp³-hybridized carbons (Fsp3) is 0.222. The average Bonchev–Trinajstić information content (AvgIpc) is 2.94. The van der Waals surface area contributed by atoms with Crippen LogP contribution >= 0.6 is 0 Å². The number of fused-ring (bicyclic) bond motifs is 1. The molecular weight excluding hydrogens is 244 g/mol. The SMILES string of the molecule is Cc1ccc([C@@H](C)NCc2cccc3[nH]ccc23)cc1. The van der Waals surface area contributed by atoms with Crippen LogP contribution < -0.4 is 5.32 Å². The quantitative estimate of drug-likeness (QED) is 0.721. The van der Waals surface area contributed by atoms with Crippen LogP contribution in [-0.2, 0) is 6.54 Å². The molecule has 0 amide bonds. The van der Waals surface area contributed by atoms with Gasteiger partial charge in [0.1, 0.15) is 0 Å². The van der Waals surface area contributed by atoms with E-state index in [0.717, 1.165) is 6.54 Å². The highest BCUT2D eigenvalue weighted by molar-refractivity contribution is 5.82. The maximum absolute atomic E-state index is 3.60. The van der Waals surface area contributed by atoms with Gasteiger partial charge in [-0.1, -0.05) is 42.0 Å².